The Balaban J connectivity index is 1.36. The largest absolute Gasteiger partial charge is 0.489 e. The second-order valence-electron chi connectivity index (χ2n) is 10.2. The highest BCUT2D eigenvalue weighted by Crippen LogP contribution is 2.37. The Morgan fingerprint density at radius 3 is 2.17 bits per heavy atom. The lowest BCUT2D eigenvalue weighted by Crippen LogP contribution is -2.29. The van der Waals surface area contributed by atoms with Crippen molar-refractivity contribution in [3.63, 3.8) is 0 Å². The molecule has 2 heterocycles. The van der Waals surface area contributed by atoms with Crippen molar-refractivity contribution in [1.29, 1.82) is 0 Å². The summed E-state index contributed by atoms with van der Waals surface area (Å²) in [6.07, 6.45) is 0.774. The van der Waals surface area contributed by atoms with Crippen LogP contribution < -0.4 is 10.1 Å². The normalized spacial score (nSPS) is 13.6. The van der Waals surface area contributed by atoms with E-state index >= 15 is 0 Å². The highest BCUT2D eigenvalue weighted by molar-refractivity contribution is 6.10. The van der Waals surface area contributed by atoms with Crippen molar-refractivity contribution in [2.24, 2.45) is 0 Å². The molecule has 1 amide bonds. The number of ether oxygens (including phenoxy) is 1. The topological polar surface area (TPSA) is 54.5 Å². The van der Waals surface area contributed by atoms with Crippen LogP contribution in [0.15, 0.2) is 109 Å². The third-order valence-electron chi connectivity index (χ3n) is 7.60. The highest BCUT2D eigenvalue weighted by Gasteiger charge is 2.26. The van der Waals surface area contributed by atoms with Gasteiger partial charge in [-0.25, -0.2) is 4.98 Å². The molecule has 5 nitrogen and oxygen atoms in total. The van der Waals surface area contributed by atoms with E-state index in [4.69, 9.17) is 9.72 Å². The molecule has 0 radical (unpaired) electrons. The Labute approximate surface area is 235 Å². The lowest BCUT2D eigenvalue weighted by atomic mass is 10.00. The minimum Gasteiger partial charge on any atom is -0.489 e. The third kappa shape index (κ3) is 5.33. The van der Waals surface area contributed by atoms with E-state index in [2.05, 4.69) is 53.5 Å². The average molecular weight is 528 g/mol. The van der Waals surface area contributed by atoms with E-state index in [0.717, 1.165) is 48.1 Å². The fraction of sp³-hybridized carbons (Fsp3) is 0.200. The molecule has 0 fully saturated rings. The van der Waals surface area contributed by atoms with E-state index in [1.54, 1.807) is 0 Å². The first-order valence-corrected chi connectivity index (χ1v) is 14.0. The van der Waals surface area contributed by atoms with E-state index in [1.807, 2.05) is 72.8 Å². The Bertz CT molecular complexity index is 1590. The molecule has 1 atom stereocenters. The fourth-order valence-corrected chi connectivity index (χ4v) is 5.53. The molecule has 0 saturated heterocycles. The van der Waals surface area contributed by atoms with Crippen molar-refractivity contribution in [1.82, 2.24) is 15.2 Å². The molecule has 6 rings (SSSR count). The van der Waals surface area contributed by atoms with Crippen LogP contribution in [-0.2, 0) is 13.1 Å². The molecule has 1 N–H and O–H groups in total. The zero-order chi connectivity index (χ0) is 27.3. The van der Waals surface area contributed by atoms with Crippen molar-refractivity contribution in [3.05, 3.63) is 131 Å². The van der Waals surface area contributed by atoms with Crippen LogP contribution in [0.5, 0.6) is 5.75 Å². The van der Waals surface area contributed by atoms with Crippen molar-refractivity contribution in [3.8, 4) is 17.0 Å². The zero-order valence-electron chi connectivity index (χ0n) is 22.7. The summed E-state index contributed by atoms with van der Waals surface area (Å²) >= 11 is 0. The Morgan fingerprint density at radius 1 is 0.850 bits per heavy atom. The monoisotopic (exact) mass is 527 g/mol. The molecular weight excluding hydrogens is 494 g/mol. The predicted molar refractivity (Wildman–Crippen MR) is 160 cm³/mol. The van der Waals surface area contributed by atoms with Gasteiger partial charge >= 0.3 is 0 Å². The van der Waals surface area contributed by atoms with Crippen molar-refractivity contribution >= 4 is 16.8 Å². The molecule has 5 heteroatoms. The van der Waals surface area contributed by atoms with Crippen molar-refractivity contribution in [2.75, 3.05) is 13.2 Å². The van der Waals surface area contributed by atoms with Gasteiger partial charge in [-0.2, -0.15) is 0 Å². The standard InChI is InChI=1S/C35H33N3O2/c1-2-30(25-13-5-3-6-14-25)37-35(39)32-29-19-11-12-20-31(29)36-33(26-15-7-4-8-16-26)34(32)40-22-21-38-23-27-17-9-10-18-28(27)24-38/h3-20,30H,2,21-24H2,1H3,(H,37,39). The summed E-state index contributed by atoms with van der Waals surface area (Å²) in [7, 11) is 0. The summed E-state index contributed by atoms with van der Waals surface area (Å²) in [6, 6.07) is 36.4. The molecule has 1 aliphatic rings. The number of rotatable bonds is 9. The average Bonchev–Trinajstić information content (AvgIpc) is 3.43. The van der Waals surface area contributed by atoms with E-state index in [9.17, 15) is 4.79 Å². The van der Waals surface area contributed by atoms with Gasteiger partial charge < -0.3 is 10.1 Å². The lowest BCUT2D eigenvalue weighted by Gasteiger charge is -2.22. The number of nitrogens with one attached hydrogen (secondary N) is 1. The Morgan fingerprint density at radius 2 is 1.48 bits per heavy atom. The maximum atomic E-state index is 14.1. The molecule has 200 valence electrons. The quantitative estimate of drug-likeness (QED) is 0.221. The van der Waals surface area contributed by atoms with Crippen molar-refractivity contribution < 1.29 is 9.53 Å². The zero-order valence-corrected chi connectivity index (χ0v) is 22.7. The number of fused-ring (bicyclic) bond motifs is 2. The molecule has 5 aromatic rings. The summed E-state index contributed by atoms with van der Waals surface area (Å²) in [5.74, 6) is 0.372. The molecule has 0 saturated carbocycles. The van der Waals surface area contributed by atoms with Crippen LogP contribution in [0.25, 0.3) is 22.2 Å². The smallest absolute Gasteiger partial charge is 0.256 e. The summed E-state index contributed by atoms with van der Waals surface area (Å²) < 4.78 is 6.57. The summed E-state index contributed by atoms with van der Waals surface area (Å²) in [4.78, 5) is 21.5. The van der Waals surface area contributed by atoms with E-state index < -0.39 is 0 Å². The summed E-state index contributed by atoms with van der Waals surface area (Å²) in [5.41, 5.74) is 6.71. The minimum atomic E-state index is -0.157. The number of carbonyl (C=O) groups is 1. The van der Waals surface area contributed by atoms with Gasteiger partial charge in [0.05, 0.1) is 17.1 Å². The second-order valence-corrected chi connectivity index (χ2v) is 10.2. The van der Waals surface area contributed by atoms with Gasteiger partial charge in [0.25, 0.3) is 5.91 Å². The summed E-state index contributed by atoms with van der Waals surface area (Å²) in [5, 5.41) is 4.08. The maximum absolute atomic E-state index is 14.1. The van der Waals surface area contributed by atoms with Gasteiger partial charge in [0.15, 0.2) is 5.75 Å². The Hall–Kier alpha value is -4.48. The SMILES string of the molecule is CCC(NC(=O)c1c(OCCN2Cc3ccccc3C2)c(-c2ccccc2)nc2ccccc12)c1ccccc1. The summed E-state index contributed by atoms with van der Waals surface area (Å²) in [6.45, 7) is 5.10. The molecule has 40 heavy (non-hydrogen) atoms. The van der Waals surface area contributed by atoms with Crippen LogP contribution in [0.3, 0.4) is 0 Å². The number of hydrogen-bond donors (Lipinski definition) is 1. The molecule has 0 bridgehead atoms. The lowest BCUT2D eigenvalue weighted by molar-refractivity contribution is 0.0932. The molecule has 0 spiro atoms. The Kier molecular flexibility index (Phi) is 7.56. The number of pyridine rings is 1. The molecule has 1 aromatic heterocycles. The number of carbonyl (C=O) groups excluding carboxylic acids is 1. The van der Waals surface area contributed by atoms with Crippen LogP contribution in [0.1, 0.15) is 46.4 Å². The van der Waals surface area contributed by atoms with Gasteiger partial charge in [-0.05, 0) is 29.2 Å². The van der Waals surface area contributed by atoms with Gasteiger partial charge in [-0.15, -0.1) is 0 Å². The molecule has 4 aromatic carbocycles. The fourth-order valence-electron chi connectivity index (χ4n) is 5.53. The van der Waals surface area contributed by atoms with Crippen molar-refractivity contribution in [2.45, 2.75) is 32.5 Å². The van der Waals surface area contributed by atoms with Gasteiger partial charge in [0.1, 0.15) is 12.3 Å². The number of hydrogen-bond acceptors (Lipinski definition) is 4. The first-order valence-electron chi connectivity index (χ1n) is 14.0. The number of benzene rings is 4. The van der Waals surface area contributed by atoms with Crippen LogP contribution in [0.2, 0.25) is 0 Å². The first-order chi connectivity index (χ1) is 19.7. The predicted octanol–water partition coefficient (Wildman–Crippen LogP) is 7.18. The maximum Gasteiger partial charge on any atom is 0.256 e. The molecular formula is C35H33N3O2. The van der Waals surface area contributed by atoms with E-state index in [0.29, 0.717) is 23.6 Å². The number of para-hydroxylation sites is 1. The van der Waals surface area contributed by atoms with E-state index in [1.165, 1.54) is 11.1 Å². The van der Waals surface area contributed by atoms with Gasteiger partial charge in [0.2, 0.25) is 0 Å². The number of nitrogens with zero attached hydrogens (tertiary/aromatic N) is 2. The van der Waals surface area contributed by atoms with Crippen LogP contribution in [0.4, 0.5) is 0 Å². The molecule has 1 unspecified atom stereocenters. The van der Waals surface area contributed by atoms with Gasteiger partial charge in [0, 0.05) is 30.6 Å². The van der Waals surface area contributed by atoms with Crippen LogP contribution in [-0.4, -0.2) is 28.9 Å². The van der Waals surface area contributed by atoms with Crippen LogP contribution in [0, 0.1) is 0 Å². The molecule has 1 aliphatic heterocycles. The first kappa shape index (κ1) is 25.8. The minimum absolute atomic E-state index is 0.114. The van der Waals surface area contributed by atoms with Gasteiger partial charge in [-0.1, -0.05) is 110 Å². The molecule has 0 aliphatic carbocycles. The third-order valence-corrected chi connectivity index (χ3v) is 7.60. The number of amides is 1. The van der Waals surface area contributed by atoms with Gasteiger partial charge in [-0.3, -0.25) is 9.69 Å². The van der Waals surface area contributed by atoms with E-state index in [-0.39, 0.29) is 11.9 Å². The highest BCUT2D eigenvalue weighted by atomic mass is 16.5. The van der Waals surface area contributed by atoms with Crippen LogP contribution >= 0.6 is 0 Å². The number of aromatic nitrogens is 1. The second kappa shape index (κ2) is 11.7.